The van der Waals surface area contributed by atoms with Crippen molar-refractivity contribution >= 4 is 35.2 Å². The van der Waals surface area contributed by atoms with Gasteiger partial charge < -0.3 is 15.0 Å². The number of benzene rings is 2. The van der Waals surface area contributed by atoms with E-state index in [1.807, 2.05) is 19.1 Å². The van der Waals surface area contributed by atoms with E-state index in [0.717, 1.165) is 5.56 Å². The van der Waals surface area contributed by atoms with Gasteiger partial charge in [0.05, 0.1) is 12.7 Å². The molecule has 0 saturated heterocycles. The smallest absolute Gasteiger partial charge is 0.357 e. The number of nitrogens with one attached hydrogen (secondary N) is 1. The van der Waals surface area contributed by atoms with Crippen molar-refractivity contribution in [2.75, 3.05) is 31.8 Å². The Hall–Kier alpha value is -3.66. The number of anilines is 1. The van der Waals surface area contributed by atoms with Gasteiger partial charge in [0.15, 0.2) is 17.5 Å². The lowest BCUT2D eigenvalue weighted by molar-refractivity contribution is -0.136. The molecular formula is C23H23FN4O4S. The minimum absolute atomic E-state index is 0.0959. The summed E-state index contributed by atoms with van der Waals surface area (Å²) in [6.45, 7) is 1.19. The van der Waals surface area contributed by atoms with Crippen LogP contribution in [0.4, 0.5) is 10.1 Å². The fraction of sp³-hybridized carbons (Fsp3) is 0.217. The van der Waals surface area contributed by atoms with E-state index in [1.165, 1.54) is 58.7 Å². The summed E-state index contributed by atoms with van der Waals surface area (Å²) in [6, 6.07) is 12.8. The van der Waals surface area contributed by atoms with Gasteiger partial charge in [-0.2, -0.15) is 0 Å². The summed E-state index contributed by atoms with van der Waals surface area (Å²) in [7, 11) is 1.44. The van der Waals surface area contributed by atoms with Crippen LogP contribution in [0.3, 0.4) is 0 Å². The molecule has 0 aliphatic carbocycles. The van der Waals surface area contributed by atoms with Crippen molar-refractivity contribution in [2.45, 2.75) is 12.1 Å². The highest BCUT2D eigenvalue weighted by atomic mass is 32.2. The lowest BCUT2D eigenvalue weighted by Crippen LogP contribution is -2.37. The molecule has 0 saturated carbocycles. The molecule has 3 aromatic rings. The van der Waals surface area contributed by atoms with Crippen LogP contribution in [0.15, 0.2) is 59.9 Å². The van der Waals surface area contributed by atoms with E-state index in [2.05, 4.69) is 10.3 Å². The van der Waals surface area contributed by atoms with Crippen molar-refractivity contribution in [3.8, 4) is 5.69 Å². The van der Waals surface area contributed by atoms with Gasteiger partial charge in [0.1, 0.15) is 5.82 Å². The number of likely N-dealkylation sites (N-methyl/N-ethyl adjacent to an activating group) is 1. The van der Waals surface area contributed by atoms with Gasteiger partial charge in [-0.05, 0) is 49.6 Å². The largest absolute Gasteiger partial charge is 0.451 e. The first-order chi connectivity index (χ1) is 15.8. The monoisotopic (exact) mass is 470 g/mol. The number of carbonyl (C=O) groups excluding carboxylic acids is 3. The van der Waals surface area contributed by atoms with Gasteiger partial charge in [-0.25, -0.2) is 14.2 Å². The quantitative estimate of drug-likeness (QED) is 0.401. The first-order valence-corrected chi connectivity index (χ1v) is 11.2. The first kappa shape index (κ1) is 24.0. The number of carbonyl (C=O) groups is 3. The Balaban J connectivity index is 1.59. The topological polar surface area (TPSA) is 93.5 Å². The SMILES string of the molecule is CSc1ncc(C(=O)OCC(=O)N(C)CC(=O)Nc2ccc(C)cc2)n1-c1ccc(F)cc1. The number of imidazole rings is 1. The molecule has 0 aliphatic rings. The molecule has 0 atom stereocenters. The van der Waals surface area contributed by atoms with Crippen LogP contribution in [0.5, 0.6) is 0 Å². The van der Waals surface area contributed by atoms with E-state index in [0.29, 0.717) is 16.5 Å². The number of thioether (sulfide) groups is 1. The summed E-state index contributed by atoms with van der Waals surface area (Å²) in [4.78, 5) is 42.5. The number of hydrogen-bond donors (Lipinski definition) is 1. The molecule has 8 nitrogen and oxygen atoms in total. The maximum absolute atomic E-state index is 13.3. The molecule has 0 fully saturated rings. The summed E-state index contributed by atoms with van der Waals surface area (Å²) in [5.74, 6) is -2.09. The average Bonchev–Trinajstić information content (AvgIpc) is 3.23. The third-order valence-corrected chi connectivity index (χ3v) is 5.33. The molecule has 172 valence electrons. The predicted octanol–water partition coefficient (Wildman–Crippen LogP) is 3.30. The third kappa shape index (κ3) is 6.19. The lowest BCUT2D eigenvalue weighted by Gasteiger charge is -2.17. The molecule has 0 unspecified atom stereocenters. The molecule has 0 aliphatic heterocycles. The highest BCUT2D eigenvalue weighted by Gasteiger charge is 2.21. The molecule has 3 rings (SSSR count). The number of hydrogen-bond acceptors (Lipinski definition) is 6. The summed E-state index contributed by atoms with van der Waals surface area (Å²) in [5, 5.41) is 3.21. The Bertz CT molecular complexity index is 1150. The molecule has 1 N–H and O–H groups in total. The van der Waals surface area contributed by atoms with E-state index >= 15 is 0 Å². The minimum atomic E-state index is -0.766. The number of nitrogens with zero attached hydrogens (tertiary/aromatic N) is 3. The van der Waals surface area contributed by atoms with Gasteiger partial charge in [-0.15, -0.1) is 0 Å². The Labute approximate surface area is 194 Å². The van der Waals surface area contributed by atoms with Crippen LogP contribution in [0.2, 0.25) is 0 Å². The highest BCUT2D eigenvalue weighted by molar-refractivity contribution is 7.98. The normalized spacial score (nSPS) is 10.5. The maximum Gasteiger partial charge on any atom is 0.357 e. The summed E-state index contributed by atoms with van der Waals surface area (Å²) >= 11 is 1.30. The number of ether oxygens (including phenoxy) is 1. The Kier molecular flexibility index (Phi) is 7.83. The molecule has 0 radical (unpaired) electrons. The predicted molar refractivity (Wildman–Crippen MR) is 123 cm³/mol. The van der Waals surface area contributed by atoms with E-state index in [9.17, 15) is 18.8 Å². The van der Waals surface area contributed by atoms with Crippen LogP contribution in [0, 0.1) is 12.7 Å². The molecule has 0 bridgehead atoms. The molecule has 2 aromatic carbocycles. The minimum Gasteiger partial charge on any atom is -0.451 e. The van der Waals surface area contributed by atoms with Crippen LogP contribution in [0.1, 0.15) is 16.1 Å². The summed E-state index contributed by atoms with van der Waals surface area (Å²) in [5.41, 5.74) is 2.31. The third-order valence-electron chi connectivity index (χ3n) is 4.67. The number of rotatable bonds is 8. The molecular weight excluding hydrogens is 447 g/mol. The molecule has 1 heterocycles. The van der Waals surface area contributed by atoms with E-state index in [-0.39, 0.29) is 18.1 Å². The number of aryl methyl sites for hydroxylation is 1. The molecule has 0 spiro atoms. The Morgan fingerprint density at radius 2 is 1.79 bits per heavy atom. The van der Waals surface area contributed by atoms with Crippen molar-refractivity contribution < 1.29 is 23.5 Å². The fourth-order valence-corrected chi connectivity index (χ4v) is 3.46. The van der Waals surface area contributed by atoms with Crippen LogP contribution in [-0.2, 0) is 14.3 Å². The molecule has 10 heteroatoms. The van der Waals surface area contributed by atoms with E-state index < -0.39 is 24.3 Å². The molecule has 2 amide bonds. The highest BCUT2D eigenvalue weighted by Crippen LogP contribution is 2.22. The van der Waals surface area contributed by atoms with Crippen molar-refractivity contribution in [1.29, 1.82) is 0 Å². The van der Waals surface area contributed by atoms with E-state index in [1.54, 1.807) is 18.4 Å². The number of aromatic nitrogens is 2. The number of amides is 2. The number of halogens is 1. The standard InChI is InChI=1S/C23H23FN4O4S/c1-15-4-8-17(9-5-15)26-20(29)13-27(2)21(30)14-32-22(31)19-12-25-23(33-3)28(19)18-10-6-16(24)7-11-18/h4-12H,13-14H2,1-3H3,(H,26,29). The van der Waals surface area contributed by atoms with Gasteiger partial charge in [0.2, 0.25) is 5.91 Å². The van der Waals surface area contributed by atoms with Gasteiger partial charge in [-0.1, -0.05) is 29.5 Å². The average molecular weight is 471 g/mol. The summed E-state index contributed by atoms with van der Waals surface area (Å²) < 4.78 is 20.0. The zero-order valence-electron chi connectivity index (χ0n) is 18.4. The second-order valence-corrected chi connectivity index (χ2v) is 7.96. The summed E-state index contributed by atoms with van der Waals surface area (Å²) in [6.07, 6.45) is 3.12. The van der Waals surface area contributed by atoms with Crippen molar-refractivity contribution in [3.05, 3.63) is 71.8 Å². The second-order valence-electron chi connectivity index (χ2n) is 7.18. The first-order valence-electron chi connectivity index (χ1n) is 9.93. The maximum atomic E-state index is 13.3. The van der Waals surface area contributed by atoms with Crippen LogP contribution in [0.25, 0.3) is 5.69 Å². The van der Waals surface area contributed by atoms with Gasteiger partial charge in [0, 0.05) is 18.4 Å². The lowest BCUT2D eigenvalue weighted by atomic mass is 10.2. The fourth-order valence-electron chi connectivity index (χ4n) is 2.91. The van der Waals surface area contributed by atoms with Gasteiger partial charge >= 0.3 is 5.97 Å². The second kappa shape index (κ2) is 10.8. The Morgan fingerprint density at radius 1 is 1.12 bits per heavy atom. The Morgan fingerprint density at radius 3 is 2.42 bits per heavy atom. The van der Waals surface area contributed by atoms with Gasteiger partial charge in [-0.3, -0.25) is 14.2 Å². The van der Waals surface area contributed by atoms with Crippen LogP contribution in [-0.4, -0.2) is 58.7 Å². The zero-order chi connectivity index (χ0) is 24.0. The van der Waals surface area contributed by atoms with Crippen molar-refractivity contribution in [2.24, 2.45) is 0 Å². The van der Waals surface area contributed by atoms with Crippen molar-refractivity contribution in [1.82, 2.24) is 14.5 Å². The zero-order valence-corrected chi connectivity index (χ0v) is 19.2. The van der Waals surface area contributed by atoms with Crippen LogP contribution >= 0.6 is 11.8 Å². The van der Waals surface area contributed by atoms with Crippen LogP contribution < -0.4 is 5.32 Å². The number of esters is 1. The molecule has 1 aromatic heterocycles. The molecule has 33 heavy (non-hydrogen) atoms. The van der Waals surface area contributed by atoms with Gasteiger partial charge in [0.25, 0.3) is 5.91 Å². The van der Waals surface area contributed by atoms with Crippen molar-refractivity contribution in [3.63, 3.8) is 0 Å². The van der Waals surface area contributed by atoms with E-state index in [4.69, 9.17) is 4.74 Å².